The molecule has 0 fully saturated rings. The van der Waals surface area contributed by atoms with Gasteiger partial charge in [0.15, 0.2) is 0 Å². The minimum absolute atomic E-state index is 0.353. The zero-order chi connectivity index (χ0) is 14.8. The van der Waals surface area contributed by atoms with Gasteiger partial charge in [0.1, 0.15) is 11.7 Å². The van der Waals surface area contributed by atoms with Gasteiger partial charge in [-0.1, -0.05) is 18.1 Å². The first-order valence-electron chi connectivity index (χ1n) is 6.71. The third-order valence-corrected chi connectivity index (χ3v) is 3.28. The van der Waals surface area contributed by atoms with Crippen molar-refractivity contribution in [2.24, 2.45) is 12.8 Å². The molecule has 0 amide bonds. The highest BCUT2D eigenvalue weighted by molar-refractivity contribution is 5.53. The van der Waals surface area contributed by atoms with E-state index in [4.69, 9.17) is 10.3 Å². The van der Waals surface area contributed by atoms with Crippen molar-refractivity contribution >= 4 is 0 Å². The molecule has 3 aromatic rings. The maximum atomic E-state index is 6.12. The standard InChI is InChI=1S/C14H16N6O/c1-3-9-5-4-6-16-12(9)13-18-14(21-19-13)11(15)10-7-17-20(2)8-10/h4-8,11H,3,15H2,1-2H3. The number of hydrogen-bond acceptors (Lipinski definition) is 6. The lowest BCUT2D eigenvalue weighted by molar-refractivity contribution is 0.367. The van der Waals surface area contributed by atoms with E-state index in [0.717, 1.165) is 23.2 Å². The highest BCUT2D eigenvalue weighted by atomic mass is 16.5. The number of nitrogens with zero attached hydrogens (tertiary/aromatic N) is 5. The van der Waals surface area contributed by atoms with Crippen LogP contribution in [0.5, 0.6) is 0 Å². The second-order valence-electron chi connectivity index (χ2n) is 4.75. The lowest BCUT2D eigenvalue weighted by Gasteiger charge is -2.02. The molecule has 0 aliphatic carbocycles. The Labute approximate surface area is 121 Å². The fourth-order valence-corrected chi connectivity index (χ4v) is 2.13. The van der Waals surface area contributed by atoms with Crippen molar-refractivity contribution in [2.75, 3.05) is 0 Å². The van der Waals surface area contributed by atoms with Gasteiger partial charge in [0.25, 0.3) is 0 Å². The maximum Gasteiger partial charge on any atom is 0.248 e. The summed E-state index contributed by atoms with van der Waals surface area (Å²) in [6.45, 7) is 2.06. The molecule has 1 unspecified atom stereocenters. The van der Waals surface area contributed by atoms with Crippen LogP contribution in [0.1, 0.15) is 30.0 Å². The Kier molecular flexibility index (Phi) is 3.49. The highest BCUT2D eigenvalue weighted by Gasteiger charge is 2.20. The second-order valence-corrected chi connectivity index (χ2v) is 4.75. The molecule has 0 saturated heterocycles. The predicted molar refractivity (Wildman–Crippen MR) is 76.1 cm³/mol. The molecule has 0 saturated carbocycles. The van der Waals surface area contributed by atoms with E-state index in [-0.39, 0.29) is 0 Å². The summed E-state index contributed by atoms with van der Waals surface area (Å²) >= 11 is 0. The summed E-state index contributed by atoms with van der Waals surface area (Å²) in [5.41, 5.74) is 8.74. The molecule has 0 bridgehead atoms. The normalized spacial score (nSPS) is 12.5. The van der Waals surface area contributed by atoms with E-state index in [1.54, 1.807) is 17.1 Å². The molecule has 7 nitrogen and oxygen atoms in total. The largest absolute Gasteiger partial charge is 0.337 e. The van der Waals surface area contributed by atoms with Crippen LogP contribution in [-0.4, -0.2) is 24.9 Å². The molecular formula is C14H16N6O. The number of aryl methyl sites for hydroxylation is 2. The number of aromatic nitrogens is 5. The fourth-order valence-electron chi connectivity index (χ4n) is 2.13. The van der Waals surface area contributed by atoms with E-state index in [2.05, 4.69) is 27.1 Å². The molecule has 108 valence electrons. The Hall–Kier alpha value is -2.54. The van der Waals surface area contributed by atoms with E-state index in [1.807, 2.05) is 25.4 Å². The van der Waals surface area contributed by atoms with Crippen molar-refractivity contribution in [2.45, 2.75) is 19.4 Å². The van der Waals surface area contributed by atoms with Crippen LogP contribution in [0.15, 0.2) is 35.2 Å². The van der Waals surface area contributed by atoms with E-state index in [1.165, 1.54) is 0 Å². The van der Waals surface area contributed by atoms with Gasteiger partial charge in [-0.3, -0.25) is 9.67 Å². The van der Waals surface area contributed by atoms with Crippen LogP contribution in [-0.2, 0) is 13.5 Å². The van der Waals surface area contributed by atoms with Crippen molar-refractivity contribution < 1.29 is 4.52 Å². The summed E-state index contributed by atoms with van der Waals surface area (Å²) in [4.78, 5) is 8.70. The van der Waals surface area contributed by atoms with E-state index < -0.39 is 6.04 Å². The van der Waals surface area contributed by atoms with Crippen LogP contribution in [0, 0.1) is 0 Å². The third-order valence-electron chi connectivity index (χ3n) is 3.28. The van der Waals surface area contributed by atoms with Gasteiger partial charge in [0, 0.05) is 25.0 Å². The molecule has 0 aromatic carbocycles. The molecule has 7 heteroatoms. The predicted octanol–water partition coefficient (Wildman–Crippen LogP) is 1.48. The van der Waals surface area contributed by atoms with E-state index >= 15 is 0 Å². The number of rotatable bonds is 4. The zero-order valence-electron chi connectivity index (χ0n) is 11.9. The Morgan fingerprint density at radius 2 is 2.29 bits per heavy atom. The molecule has 1 atom stereocenters. The Morgan fingerprint density at radius 1 is 1.43 bits per heavy atom. The van der Waals surface area contributed by atoms with Crippen molar-refractivity contribution in [1.82, 2.24) is 24.9 Å². The lowest BCUT2D eigenvalue weighted by Crippen LogP contribution is -2.11. The van der Waals surface area contributed by atoms with Crippen molar-refractivity contribution in [1.29, 1.82) is 0 Å². The minimum atomic E-state index is -0.492. The van der Waals surface area contributed by atoms with Crippen LogP contribution < -0.4 is 5.73 Å². The van der Waals surface area contributed by atoms with Gasteiger partial charge >= 0.3 is 0 Å². The van der Waals surface area contributed by atoms with Gasteiger partial charge in [0.2, 0.25) is 11.7 Å². The molecule has 3 heterocycles. The fraction of sp³-hybridized carbons (Fsp3) is 0.286. The van der Waals surface area contributed by atoms with Gasteiger partial charge in [0.05, 0.1) is 6.20 Å². The summed E-state index contributed by atoms with van der Waals surface area (Å²) < 4.78 is 6.96. The first-order chi connectivity index (χ1) is 10.2. The van der Waals surface area contributed by atoms with Gasteiger partial charge in [-0.25, -0.2) is 0 Å². The number of nitrogens with two attached hydrogens (primary N) is 1. The summed E-state index contributed by atoms with van der Waals surface area (Å²) in [6, 6.07) is 3.40. The summed E-state index contributed by atoms with van der Waals surface area (Å²) in [5.74, 6) is 0.812. The average Bonchev–Trinajstić information content (AvgIpc) is 3.15. The molecule has 3 rings (SSSR count). The SMILES string of the molecule is CCc1cccnc1-c1noc(C(N)c2cnn(C)c2)n1. The molecule has 0 aliphatic heterocycles. The number of pyridine rings is 1. The highest BCUT2D eigenvalue weighted by Crippen LogP contribution is 2.22. The minimum Gasteiger partial charge on any atom is -0.337 e. The van der Waals surface area contributed by atoms with Crippen LogP contribution in [0.3, 0.4) is 0 Å². The first kappa shape index (κ1) is 13.4. The smallest absolute Gasteiger partial charge is 0.248 e. The Morgan fingerprint density at radius 3 is 3.00 bits per heavy atom. The zero-order valence-corrected chi connectivity index (χ0v) is 11.9. The van der Waals surface area contributed by atoms with E-state index in [0.29, 0.717) is 11.7 Å². The van der Waals surface area contributed by atoms with Crippen LogP contribution >= 0.6 is 0 Å². The van der Waals surface area contributed by atoms with Crippen LogP contribution in [0.2, 0.25) is 0 Å². The molecule has 21 heavy (non-hydrogen) atoms. The molecule has 0 aliphatic rings. The first-order valence-corrected chi connectivity index (χ1v) is 6.71. The monoisotopic (exact) mass is 284 g/mol. The van der Waals surface area contributed by atoms with E-state index in [9.17, 15) is 0 Å². The molecular weight excluding hydrogens is 268 g/mol. The van der Waals surface area contributed by atoms with Gasteiger partial charge < -0.3 is 10.3 Å². The number of hydrogen-bond donors (Lipinski definition) is 1. The third kappa shape index (κ3) is 2.55. The van der Waals surface area contributed by atoms with Crippen LogP contribution in [0.25, 0.3) is 11.5 Å². The average molecular weight is 284 g/mol. The summed E-state index contributed by atoms with van der Waals surface area (Å²) in [7, 11) is 1.83. The lowest BCUT2D eigenvalue weighted by atomic mass is 10.1. The van der Waals surface area contributed by atoms with Crippen molar-refractivity contribution in [3.8, 4) is 11.5 Å². The Bertz CT molecular complexity index is 747. The van der Waals surface area contributed by atoms with Gasteiger partial charge in [-0.15, -0.1) is 0 Å². The van der Waals surface area contributed by atoms with Crippen molar-refractivity contribution in [3.05, 3.63) is 47.7 Å². The summed E-state index contributed by atoms with van der Waals surface area (Å²) in [5, 5.41) is 8.08. The second kappa shape index (κ2) is 5.45. The molecule has 0 radical (unpaired) electrons. The maximum absolute atomic E-state index is 6.12. The molecule has 3 aromatic heterocycles. The van der Waals surface area contributed by atoms with Gasteiger partial charge in [-0.05, 0) is 18.1 Å². The van der Waals surface area contributed by atoms with Crippen molar-refractivity contribution in [3.63, 3.8) is 0 Å². The molecule has 2 N–H and O–H groups in total. The van der Waals surface area contributed by atoms with Gasteiger partial charge in [-0.2, -0.15) is 10.1 Å². The topological polar surface area (TPSA) is 95.6 Å². The molecule has 0 spiro atoms. The summed E-state index contributed by atoms with van der Waals surface area (Å²) in [6.07, 6.45) is 6.08. The quantitative estimate of drug-likeness (QED) is 0.779. The Balaban J connectivity index is 1.93. The van der Waals surface area contributed by atoms with Crippen LogP contribution in [0.4, 0.5) is 0 Å².